The molecule has 0 aliphatic heterocycles. The van der Waals surface area contributed by atoms with E-state index in [0.717, 1.165) is 12.1 Å². The fourth-order valence-corrected chi connectivity index (χ4v) is 1.88. The molecule has 24 heavy (non-hydrogen) atoms. The maximum Gasteiger partial charge on any atom is 0.416 e. The summed E-state index contributed by atoms with van der Waals surface area (Å²) in [6, 6.07) is 3.57. The number of halogens is 4. The first-order valence-electron chi connectivity index (χ1n) is 6.70. The van der Waals surface area contributed by atoms with Crippen LogP contribution in [0.25, 0.3) is 0 Å². The van der Waals surface area contributed by atoms with Crippen LogP contribution in [-0.4, -0.2) is 18.4 Å². The van der Waals surface area contributed by atoms with Crippen molar-refractivity contribution >= 4 is 11.8 Å². The molecule has 0 radical (unpaired) electrons. The Labute approximate surface area is 133 Å². The van der Waals surface area contributed by atoms with E-state index < -0.39 is 42.5 Å². The maximum atomic E-state index is 13.0. The van der Waals surface area contributed by atoms with Crippen LogP contribution in [0, 0.1) is 5.82 Å². The van der Waals surface area contributed by atoms with Crippen LogP contribution >= 0.6 is 0 Å². The van der Waals surface area contributed by atoms with Gasteiger partial charge in [-0.25, -0.2) is 4.39 Å². The Bertz CT molecular complexity index is 727. The number of amides is 2. The minimum absolute atomic E-state index is 0.209. The summed E-state index contributed by atoms with van der Waals surface area (Å²) in [5.41, 5.74) is -1.23. The molecule has 0 saturated carbocycles. The standard InChI is InChI=1S/C15H12F4N2O3/c16-11-2-1-9(12(5-11)15(17,18)19)6-20-13(22)7-21-14(23)10-3-4-24-8-10/h1-5,8H,6-7H2,(H,20,22)(H,21,23). The van der Waals surface area contributed by atoms with Gasteiger partial charge >= 0.3 is 6.18 Å². The van der Waals surface area contributed by atoms with E-state index in [2.05, 4.69) is 10.6 Å². The van der Waals surface area contributed by atoms with Crippen molar-refractivity contribution in [2.45, 2.75) is 12.7 Å². The van der Waals surface area contributed by atoms with E-state index in [1.165, 1.54) is 18.6 Å². The van der Waals surface area contributed by atoms with Crippen LogP contribution in [0.2, 0.25) is 0 Å². The summed E-state index contributed by atoms with van der Waals surface area (Å²) < 4.78 is 56.1. The molecule has 2 amide bonds. The normalized spacial score (nSPS) is 11.2. The summed E-state index contributed by atoms with van der Waals surface area (Å²) in [7, 11) is 0. The third kappa shape index (κ3) is 4.58. The number of carbonyl (C=O) groups is 2. The van der Waals surface area contributed by atoms with Crippen molar-refractivity contribution in [3.63, 3.8) is 0 Å². The first kappa shape index (κ1) is 17.5. The summed E-state index contributed by atoms with van der Waals surface area (Å²) in [4.78, 5) is 23.2. The number of furan rings is 1. The number of hydrogen-bond donors (Lipinski definition) is 2. The number of hydrogen-bond acceptors (Lipinski definition) is 3. The van der Waals surface area contributed by atoms with E-state index in [-0.39, 0.29) is 11.1 Å². The smallest absolute Gasteiger partial charge is 0.416 e. The molecule has 2 aromatic rings. The first-order chi connectivity index (χ1) is 11.3. The number of alkyl halides is 3. The Morgan fingerprint density at radius 1 is 1.12 bits per heavy atom. The second-order valence-electron chi connectivity index (χ2n) is 4.77. The van der Waals surface area contributed by atoms with Gasteiger partial charge in [-0.05, 0) is 23.8 Å². The molecule has 0 aliphatic carbocycles. The molecule has 0 unspecified atom stereocenters. The van der Waals surface area contributed by atoms with Gasteiger partial charge in [0.2, 0.25) is 5.91 Å². The molecule has 5 nitrogen and oxygen atoms in total. The van der Waals surface area contributed by atoms with E-state index in [4.69, 9.17) is 4.42 Å². The van der Waals surface area contributed by atoms with Gasteiger partial charge in [0, 0.05) is 6.54 Å². The Morgan fingerprint density at radius 2 is 1.88 bits per heavy atom. The highest BCUT2D eigenvalue weighted by Gasteiger charge is 2.33. The largest absolute Gasteiger partial charge is 0.472 e. The highest BCUT2D eigenvalue weighted by Crippen LogP contribution is 2.32. The van der Waals surface area contributed by atoms with Crippen LogP contribution in [-0.2, 0) is 17.5 Å². The van der Waals surface area contributed by atoms with Crippen molar-refractivity contribution in [1.82, 2.24) is 10.6 Å². The van der Waals surface area contributed by atoms with Crippen LogP contribution in [0.5, 0.6) is 0 Å². The zero-order valence-corrected chi connectivity index (χ0v) is 12.1. The Balaban J connectivity index is 1.91. The predicted octanol–water partition coefficient (Wildman–Crippen LogP) is 2.48. The molecule has 1 aromatic heterocycles. The molecule has 0 aliphatic rings. The maximum absolute atomic E-state index is 13.0. The van der Waals surface area contributed by atoms with Crippen LogP contribution in [0.3, 0.4) is 0 Å². The highest BCUT2D eigenvalue weighted by atomic mass is 19.4. The Hall–Kier alpha value is -2.84. The molecule has 128 valence electrons. The lowest BCUT2D eigenvalue weighted by Crippen LogP contribution is -2.36. The van der Waals surface area contributed by atoms with Gasteiger partial charge in [-0.2, -0.15) is 13.2 Å². The second kappa shape index (κ2) is 7.16. The quantitative estimate of drug-likeness (QED) is 0.819. The molecule has 0 bridgehead atoms. The minimum Gasteiger partial charge on any atom is -0.472 e. The minimum atomic E-state index is -4.74. The third-order valence-corrected chi connectivity index (χ3v) is 3.05. The number of nitrogens with one attached hydrogen (secondary N) is 2. The zero-order chi connectivity index (χ0) is 17.7. The fraction of sp³-hybridized carbons (Fsp3) is 0.200. The van der Waals surface area contributed by atoms with Crippen molar-refractivity contribution in [2.24, 2.45) is 0 Å². The van der Waals surface area contributed by atoms with E-state index in [9.17, 15) is 27.2 Å². The molecule has 1 heterocycles. The lowest BCUT2D eigenvalue weighted by molar-refractivity contribution is -0.138. The van der Waals surface area contributed by atoms with Crippen LogP contribution in [0.15, 0.2) is 41.2 Å². The van der Waals surface area contributed by atoms with Crippen molar-refractivity contribution in [2.75, 3.05) is 6.54 Å². The molecule has 0 fully saturated rings. The third-order valence-electron chi connectivity index (χ3n) is 3.05. The second-order valence-corrected chi connectivity index (χ2v) is 4.77. The zero-order valence-electron chi connectivity index (χ0n) is 12.1. The highest BCUT2D eigenvalue weighted by molar-refractivity contribution is 5.96. The summed E-state index contributed by atoms with van der Waals surface area (Å²) in [5.74, 6) is -2.27. The SMILES string of the molecule is O=C(CNC(=O)c1ccoc1)NCc1ccc(F)cc1C(F)(F)F. The van der Waals surface area contributed by atoms with Crippen molar-refractivity contribution in [1.29, 1.82) is 0 Å². The van der Waals surface area contributed by atoms with Crippen molar-refractivity contribution in [3.8, 4) is 0 Å². The predicted molar refractivity (Wildman–Crippen MR) is 74.3 cm³/mol. The Kier molecular flexibility index (Phi) is 5.22. The molecule has 2 N–H and O–H groups in total. The average molecular weight is 344 g/mol. The topological polar surface area (TPSA) is 71.3 Å². The molecule has 0 saturated heterocycles. The van der Waals surface area contributed by atoms with Gasteiger partial charge in [-0.15, -0.1) is 0 Å². The summed E-state index contributed by atoms with van der Waals surface area (Å²) in [6.07, 6.45) is -2.28. The lowest BCUT2D eigenvalue weighted by Gasteiger charge is -2.13. The van der Waals surface area contributed by atoms with Gasteiger partial charge in [0.05, 0.1) is 23.9 Å². The Morgan fingerprint density at radius 3 is 2.50 bits per heavy atom. The molecule has 0 atom stereocenters. The molecular formula is C15H12F4N2O3. The van der Waals surface area contributed by atoms with Crippen molar-refractivity contribution in [3.05, 3.63) is 59.3 Å². The van der Waals surface area contributed by atoms with Crippen molar-refractivity contribution < 1.29 is 31.6 Å². The van der Waals surface area contributed by atoms with Gasteiger partial charge in [0.25, 0.3) is 5.91 Å². The summed E-state index contributed by atoms with van der Waals surface area (Å²) in [5, 5.41) is 4.51. The number of benzene rings is 1. The van der Waals surface area contributed by atoms with Crippen LogP contribution < -0.4 is 10.6 Å². The molecule has 1 aromatic carbocycles. The monoisotopic (exact) mass is 344 g/mol. The van der Waals surface area contributed by atoms with Gasteiger partial charge in [-0.1, -0.05) is 6.07 Å². The fourth-order valence-electron chi connectivity index (χ4n) is 1.88. The lowest BCUT2D eigenvalue weighted by atomic mass is 10.1. The molecule has 2 rings (SSSR count). The molecule has 0 spiro atoms. The molecule has 9 heteroatoms. The van der Waals surface area contributed by atoms with Gasteiger partial charge < -0.3 is 15.1 Å². The average Bonchev–Trinajstić information content (AvgIpc) is 3.05. The number of rotatable bonds is 5. The first-order valence-corrected chi connectivity index (χ1v) is 6.70. The van der Waals surface area contributed by atoms with E-state index in [1.54, 1.807) is 0 Å². The number of carbonyl (C=O) groups excluding carboxylic acids is 2. The van der Waals surface area contributed by atoms with E-state index >= 15 is 0 Å². The van der Waals surface area contributed by atoms with Gasteiger partial charge in [-0.3, -0.25) is 9.59 Å². The molecular weight excluding hydrogens is 332 g/mol. The van der Waals surface area contributed by atoms with E-state index in [0.29, 0.717) is 6.07 Å². The van der Waals surface area contributed by atoms with Gasteiger partial charge in [0.1, 0.15) is 12.1 Å². The van der Waals surface area contributed by atoms with Gasteiger partial charge in [0.15, 0.2) is 0 Å². The van der Waals surface area contributed by atoms with E-state index in [1.807, 2.05) is 0 Å². The van der Waals surface area contributed by atoms with Crippen LogP contribution in [0.1, 0.15) is 21.5 Å². The summed E-state index contributed by atoms with van der Waals surface area (Å²) in [6.45, 7) is -0.873. The summed E-state index contributed by atoms with van der Waals surface area (Å²) >= 11 is 0. The van der Waals surface area contributed by atoms with Crippen LogP contribution in [0.4, 0.5) is 17.6 Å².